The number of rotatable bonds is 4. The number of hydrogen-bond acceptors (Lipinski definition) is 3. The molecule has 4 nitrogen and oxygen atoms in total. The van der Waals surface area contributed by atoms with E-state index in [9.17, 15) is 4.79 Å². The highest BCUT2D eigenvalue weighted by atomic mass is 79.9. The summed E-state index contributed by atoms with van der Waals surface area (Å²) in [6.07, 6.45) is 0. The molecule has 0 aromatic heterocycles. The summed E-state index contributed by atoms with van der Waals surface area (Å²) in [5.74, 6) is 0.363. The van der Waals surface area contributed by atoms with Gasteiger partial charge in [0.1, 0.15) is 5.75 Å². The maximum atomic E-state index is 11.9. The van der Waals surface area contributed by atoms with Crippen LogP contribution < -0.4 is 15.8 Å². The number of anilines is 2. The third-order valence-electron chi connectivity index (χ3n) is 3.05. The molecule has 22 heavy (non-hydrogen) atoms. The van der Waals surface area contributed by atoms with Crippen LogP contribution in [0.5, 0.6) is 5.75 Å². The molecule has 2 rings (SSSR count). The lowest BCUT2D eigenvalue weighted by Crippen LogP contribution is -2.20. The molecule has 2 aromatic carbocycles. The molecule has 0 atom stereocenters. The smallest absolute Gasteiger partial charge is 0.262 e. The van der Waals surface area contributed by atoms with E-state index in [4.69, 9.17) is 22.1 Å². The van der Waals surface area contributed by atoms with Gasteiger partial charge in [-0.3, -0.25) is 4.79 Å². The second kappa shape index (κ2) is 7.03. The van der Waals surface area contributed by atoms with Gasteiger partial charge in [0.15, 0.2) is 6.61 Å². The molecule has 0 unspecified atom stereocenters. The first kappa shape index (κ1) is 16.6. The van der Waals surface area contributed by atoms with Crippen LogP contribution in [0, 0.1) is 13.8 Å². The lowest BCUT2D eigenvalue weighted by Gasteiger charge is -2.11. The van der Waals surface area contributed by atoms with Crippen molar-refractivity contribution < 1.29 is 9.53 Å². The number of aryl methyl sites for hydroxylation is 2. The SMILES string of the molecule is Cc1cc(OCC(=O)Nc2ccc(N)cc2Br)cc(C)c1Cl. The van der Waals surface area contributed by atoms with Gasteiger partial charge in [0.05, 0.1) is 5.69 Å². The van der Waals surface area contributed by atoms with Gasteiger partial charge < -0.3 is 15.8 Å². The van der Waals surface area contributed by atoms with E-state index in [0.717, 1.165) is 15.6 Å². The van der Waals surface area contributed by atoms with Gasteiger partial charge in [-0.1, -0.05) is 11.6 Å². The van der Waals surface area contributed by atoms with Gasteiger partial charge in [-0.15, -0.1) is 0 Å². The van der Waals surface area contributed by atoms with Gasteiger partial charge in [-0.05, 0) is 71.2 Å². The molecule has 0 spiro atoms. The number of carbonyl (C=O) groups is 1. The van der Waals surface area contributed by atoms with Crippen molar-refractivity contribution in [3.05, 3.63) is 51.0 Å². The Morgan fingerprint density at radius 3 is 2.50 bits per heavy atom. The number of benzene rings is 2. The lowest BCUT2D eigenvalue weighted by molar-refractivity contribution is -0.118. The Morgan fingerprint density at radius 2 is 1.91 bits per heavy atom. The van der Waals surface area contributed by atoms with Gasteiger partial charge in [0.2, 0.25) is 0 Å². The van der Waals surface area contributed by atoms with E-state index >= 15 is 0 Å². The number of carbonyl (C=O) groups excluding carboxylic acids is 1. The van der Waals surface area contributed by atoms with Crippen LogP contribution >= 0.6 is 27.5 Å². The van der Waals surface area contributed by atoms with Crippen LogP contribution in [0.4, 0.5) is 11.4 Å². The van der Waals surface area contributed by atoms with Gasteiger partial charge >= 0.3 is 0 Å². The molecule has 0 saturated carbocycles. The Balaban J connectivity index is 1.98. The minimum atomic E-state index is -0.254. The fourth-order valence-corrected chi connectivity index (χ4v) is 2.56. The number of amides is 1. The van der Waals surface area contributed by atoms with Crippen LogP contribution in [0.25, 0.3) is 0 Å². The number of nitrogens with one attached hydrogen (secondary N) is 1. The molecule has 0 fully saturated rings. The molecule has 0 aliphatic rings. The molecule has 0 heterocycles. The summed E-state index contributed by atoms with van der Waals surface area (Å²) in [4.78, 5) is 11.9. The largest absolute Gasteiger partial charge is 0.484 e. The Hall–Kier alpha value is -1.72. The summed E-state index contributed by atoms with van der Waals surface area (Å²) in [5, 5.41) is 3.47. The summed E-state index contributed by atoms with van der Waals surface area (Å²) < 4.78 is 6.23. The van der Waals surface area contributed by atoms with Crippen molar-refractivity contribution in [2.75, 3.05) is 17.7 Å². The highest BCUT2D eigenvalue weighted by Crippen LogP contribution is 2.26. The van der Waals surface area contributed by atoms with Crippen LogP contribution in [-0.2, 0) is 4.79 Å². The van der Waals surface area contributed by atoms with Crippen molar-refractivity contribution in [1.29, 1.82) is 0 Å². The number of ether oxygens (including phenoxy) is 1. The van der Waals surface area contributed by atoms with Gasteiger partial charge in [-0.2, -0.15) is 0 Å². The minimum Gasteiger partial charge on any atom is -0.484 e. The third kappa shape index (κ3) is 4.15. The van der Waals surface area contributed by atoms with E-state index in [2.05, 4.69) is 21.2 Å². The molecule has 2 aromatic rings. The Morgan fingerprint density at radius 1 is 1.27 bits per heavy atom. The first-order chi connectivity index (χ1) is 10.4. The minimum absolute atomic E-state index is 0.0860. The second-order valence-corrected chi connectivity index (χ2v) is 6.18. The van der Waals surface area contributed by atoms with Crippen molar-refractivity contribution in [2.24, 2.45) is 0 Å². The zero-order valence-corrected chi connectivity index (χ0v) is 14.6. The first-order valence-corrected chi connectivity index (χ1v) is 7.78. The molecule has 0 radical (unpaired) electrons. The average Bonchev–Trinajstić information content (AvgIpc) is 2.45. The van der Waals surface area contributed by atoms with Crippen LogP contribution in [0.2, 0.25) is 5.02 Å². The van der Waals surface area contributed by atoms with Crippen LogP contribution in [0.1, 0.15) is 11.1 Å². The van der Waals surface area contributed by atoms with Crippen molar-refractivity contribution in [1.82, 2.24) is 0 Å². The third-order valence-corrected chi connectivity index (χ3v) is 4.30. The van der Waals surface area contributed by atoms with Crippen molar-refractivity contribution >= 4 is 44.8 Å². The summed E-state index contributed by atoms with van der Waals surface area (Å²) in [5.41, 5.74) is 8.75. The van der Waals surface area contributed by atoms with Gasteiger partial charge in [0, 0.05) is 15.2 Å². The van der Waals surface area contributed by atoms with Gasteiger partial charge in [0.25, 0.3) is 5.91 Å². The number of nitrogens with two attached hydrogens (primary N) is 1. The Bertz CT molecular complexity index is 696. The molecular weight excluding hydrogens is 368 g/mol. The molecule has 1 amide bonds. The predicted octanol–water partition coefficient (Wildman–Crippen LogP) is 4.32. The molecule has 116 valence electrons. The molecule has 3 N–H and O–H groups in total. The standard InChI is InChI=1S/C16H16BrClN2O2/c1-9-5-12(6-10(2)16(9)18)22-8-15(21)20-14-4-3-11(19)7-13(14)17/h3-7H,8,19H2,1-2H3,(H,20,21). The first-order valence-electron chi connectivity index (χ1n) is 6.61. The Kier molecular flexibility index (Phi) is 5.32. The fraction of sp³-hybridized carbons (Fsp3) is 0.188. The van der Waals surface area contributed by atoms with E-state index < -0.39 is 0 Å². The monoisotopic (exact) mass is 382 g/mol. The van der Waals surface area contributed by atoms with Crippen LogP contribution in [0.3, 0.4) is 0 Å². The fourth-order valence-electron chi connectivity index (χ4n) is 1.96. The molecule has 6 heteroatoms. The normalized spacial score (nSPS) is 10.4. The number of nitrogen functional groups attached to an aromatic ring is 1. The molecule has 0 saturated heterocycles. The van der Waals surface area contributed by atoms with Crippen molar-refractivity contribution in [3.63, 3.8) is 0 Å². The zero-order valence-electron chi connectivity index (χ0n) is 12.2. The maximum Gasteiger partial charge on any atom is 0.262 e. The van der Waals surface area contributed by atoms with E-state index in [1.54, 1.807) is 18.2 Å². The van der Waals surface area contributed by atoms with Crippen molar-refractivity contribution in [3.8, 4) is 5.75 Å². The van der Waals surface area contributed by atoms with Gasteiger partial charge in [-0.25, -0.2) is 0 Å². The number of hydrogen-bond donors (Lipinski definition) is 2. The highest BCUT2D eigenvalue weighted by molar-refractivity contribution is 9.10. The topological polar surface area (TPSA) is 64.3 Å². The predicted molar refractivity (Wildman–Crippen MR) is 93.6 cm³/mol. The summed E-state index contributed by atoms with van der Waals surface area (Å²) in [6, 6.07) is 8.78. The molecule has 0 bridgehead atoms. The molecular formula is C16H16BrClN2O2. The maximum absolute atomic E-state index is 11.9. The lowest BCUT2D eigenvalue weighted by atomic mass is 10.1. The number of halogens is 2. The quantitative estimate of drug-likeness (QED) is 0.773. The van der Waals surface area contributed by atoms with E-state index in [0.29, 0.717) is 22.1 Å². The Labute approximate surface area is 142 Å². The average molecular weight is 384 g/mol. The molecule has 0 aliphatic carbocycles. The van der Waals surface area contributed by atoms with Crippen LogP contribution in [-0.4, -0.2) is 12.5 Å². The van der Waals surface area contributed by atoms with E-state index in [1.165, 1.54) is 0 Å². The highest BCUT2D eigenvalue weighted by Gasteiger charge is 2.08. The summed E-state index contributed by atoms with van der Waals surface area (Å²) >= 11 is 9.45. The van der Waals surface area contributed by atoms with Crippen molar-refractivity contribution in [2.45, 2.75) is 13.8 Å². The van der Waals surface area contributed by atoms with E-state index in [-0.39, 0.29) is 12.5 Å². The molecule has 0 aliphatic heterocycles. The zero-order chi connectivity index (χ0) is 16.3. The van der Waals surface area contributed by atoms with Crippen LogP contribution in [0.15, 0.2) is 34.8 Å². The van der Waals surface area contributed by atoms with E-state index in [1.807, 2.05) is 26.0 Å². The summed E-state index contributed by atoms with van der Waals surface area (Å²) in [6.45, 7) is 3.71. The second-order valence-electron chi connectivity index (χ2n) is 4.95. The summed E-state index contributed by atoms with van der Waals surface area (Å²) in [7, 11) is 0.